The standard InChI is InChI=1S/C18H28NO7P/c1-18(2,3)26-17(21)19-10-13-24-27(23-12-7-11-22-15-20)25-14-16-8-5-4-6-9-16/h4-6,8-9,15H,7,10-14H2,1-3H3,(H,19,21). The van der Waals surface area contributed by atoms with Crippen LogP contribution in [0.5, 0.6) is 0 Å². The van der Waals surface area contributed by atoms with Crippen LogP contribution in [0.4, 0.5) is 4.79 Å². The first kappa shape index (κ1) is 23.3. The Kier molecular flexibility index (Phi) is 11.6. The molecule has 0 saturated carbocycles. The number of amides is 1. The lowest BCUT2D eigenvalue weighted by Gasteiger charge is -2.20. The smallest absolute Gasteiger partial charge is 0.407 e. The van der Waals surface area contributed by atoms with Gasteiger partial charge in [0, 0.05) is 13.0 Å². The molecule has 1 atom stereocenters. The molecule has 1 aromatic carbocycles. The Morgan fingerprint density at radius 2 is 1.78 bits per heavy atom. The third-order valence-corrected chi connectivity index (χ3v) is 3.94. The van der Waals surface area contributed by atoms with E-state index in [1.165, 1.54) is 0 Å². The zero-order valence-corrected chi connectivity index (χ0v) is 16.9. The van der Waals surface area contributed by atoms with E-state index in [9.17, 15) is 9.59 Å². The van der Waals surface area contributed by atoms with Crippen molar-refractivity contribution in [3.8, 4) is 0 Å². The Morgan fingerprint density at radius 3 is 2.44 bits per heavy atom. The first-order valence-electron chi connectivity index (χ1n) is 8.65. The Labute approximate surface area is 161 Å². The van der Waals surface area contributed by atoms with E-state index in [4.69, 9.17) is 18.3 Å². The molecule has 1 N–H and O–H groups in total. The maximum atomic E-state index is 11.6. The molecular weight excluding hydrogens is 373 g/mol. The number of carbonyl (C=O) groups excluding carboxylic acids is 2. The quantitative estimate of drug-likeness (QED) is 0.307. The summed E-state index contributed by atoms with van der Waals surface area (Å²) in [7, 11) is -1.60. The topological polar surface area (TPSA) is 92.3 Å². The van der Waals surface area contributed by atoms with Crippen molar-refractivity contribution in [1.29, 1.82) is 0 Å². The van der Waals surface area contributed by atoms with Gasteiger partial charge in [-0.25, -0.2) is 4.79 Å². The summed E-state index contributed by atoms with van der Waals surface area (Å²) in [6.07, 6.45) is 0.0266. The molecule has 9 heteroatoms. The lowest BCUT2D eigenvalue weighted by Crippen LogP contribution is -2.34. The molecule has 1 amide bonds. The highest BCUT2D eigenvalue weighted by atomic mass is 31.2. The highest BCUT2D eigenvalue weighted by Crippen LogP contribution is 2.40. The molecule has 0 heterocycles. The second-order valence-corrected chi connectivity index (χ2v) is 7.62. The minimum atomic E-state index is -1.60. The molecule has 0 aliphatic rings. The van der Waals surface area contributed by atoms with E-state index in [-0.39, 0.29) is 19.8 Å². The third-order valence-electron chi connectivity index (χ3n) is 2.82. The average Bonchev–Trinajstić information content (AvgIpc) is 2.61. The van der Waals surface area contributed by atoms with Crippen LogP contribution in [0.25, 0.3) is 0 Å². The number of benzene rings is 1. The predicted molar refractivity (Wildman–Crippen MR) is 101 cm³/mol. The predicted octanol–water partition coefficient (Wildman–Crippen LogP) is 3.55. The number of carbonyl (C=O) groups is 2. The van der Waals surface area contributed by atoms with E-state index in [1.807, 2.05) is 30.3 Å². The van der Waals surface area contributed by atoms with Gasteiger partial charge >= 0.3 is 14.7 Å². The molecule has 0 aromatic heterocycles. The maximum absolute atomic E-state index is 11.6. The first-order chi connectivity index (χ1) is 12.9. The number of hydrogen-bond donors (Lipinski definition) is 1. The van der Waals surface area contributed by atoms with Gasteiger partial charge in [0.15, 0.2) is 0 Å². The van der Waals surface area contributed by atoms with Gasteiger partial charge in [-0.05, 0) is 26.3 Å². The zero-order chi connectivity index (χ0) is 20.0. The Bertz CT molecular complexity index is 536. The summed E-state index contributed by atoms with van der Waals surface area (Å²) < 4.78 is 26.6. The molecule has 0 spiro atoms. The Hall–Kier alpha value is -1.73. The summed E-state index contributed by atoms with van der Waals surface area (Å²) in [6, 6.07) is 9.65. The number of nitrogens with one attached hydrogen (secondary N) is 1. The minimum Gasteiger partial charge on any atom is -0.468 e. The van der Waals surface area contributed by atoms with Gasteiger partial charge in [0.1, 0.15) is 5.60 Å². The molecule has 0 aliphatic carbocycles. The molecule has 0 radical (unpaired) electrons. The average molecular weight is 401 g/mol. The van der Waals surface area contributed by atoms with Crippen LogP contribution in [0.2, 0.25) is 0 Å². The summed E-state index contributed by atoms with van der Waals surface area (Å²) in [5.74, 6) is 0. The summed E-state index contributed by atoms with van der Waals surface area (Å²) in [5.41, 5.74) is 0.441. The summed E-state index contributed by atoms with van der Waals surface area (Å²) >= 11 is 0. The van der Waals surface area contributed by atoms with Crippen molar-refractivity contribution in [3.05, 3.63) is 35.9 Å². The molecule has 0 saturated heterocycles. The summed E-state index contributed by atoms with van der Waals surface area (Å²) in [5, 5.41) is 2.61. The van der Waals surface area contributed by atoms with Gasteiger partial charge in [0.05, 0.1) is 26.4 Å². The molecule has 8 nitrogen and oxygen atoms in total. The molecule has 1 unspecified atom stereocenters. The van der Waals surface area contributed by atoms with Gasteiger partial charge in [-0.15, -0.1) is 0 Å². The molecule has 1 aromatic rings. The molecular formula is C18H28NO7P. The van der Waals surface area contributed by atoms with Gasteiger partial charge in [-0.1, -0.05) is 30.3 Å². The van der Waals surface area contributed by atoms with Crippen molar-refractivity contribution in [2.75, 3.05) is 26.4 Å². The van der Waals surface area contributed by atoms with Gasteiger partial charge in [-0.2, -0.15) is 0 Å². The zero-order valence-electron chi connectivity index (χ0n) is 16.0. The van der Waals surface area contributed by atoms with Crippen molar-refractivity contribution in [2.45, 2.75) is 39.4 Å². The molecule has 0 bridgehead atoms. The fraction of sp³-hybridized carbons (Fsp3) is 0.556. The number of ether oxygens (including phenoxy) is 2. The second kappa shape index (κ2) is 13.4. The molecule has 1 rings (SSSR count). The van der Waals surface area contributed by atoms with E-state index in [1.54, 1.807) is 20.8 Å². The van der Waals surface area contributed by atoms with E-state index < -0.39 is 20.3 Å². The van der Waals surface area contributed by atoms with Crippen LogP contribution in [-0.4, -0.2) is 44.5 Å². The normalized spacial score (nSPS) is 12.3. The Balaban J connectivity index is 2.33. The highest BCUT2D eigenvalue weighted by molar-refractivity contribution is 7.41. The molecule has 0 fully saturated rings. The lowest BCUT2D eigenvalue weighted by atomic mass is 10.2. The van der Waals surface area contributed by atoms with Crippen LogP contribution in [0.15, 0.2) is 30.3 Å². The van der Waals surface area contributed by atoms with Crippen LogP contribution in [0, 0.1) is 0 Å². The highest BCUT2D eigenvalue weighted by Gasteiger charge is 2.17. The number of rotatable bonds is 13. The van der Waals surface area contributed by atoms with Crippen LogP contribution in [-0.2, 0) is 34.4 Å². The van der Waals surface area contributed by atoms with Crippen molar-refractivity contribution in [2.24, 2.45) is 0 Å². The van der Waals surface area contributed by atoms with Crippen LogP contribution >= 0.6 is 8.60 Å². The van der Waals surface area contributed by atoms with E-state index in [0.29, 0.717) is 26.1 Å². The van der Waals surface area contributed by atoms with Crippen molar-refractivity contribution < 1.29 is 32.6 Å². The lowest BCUT2D eigenvalue weighted by molar-refractivity contribution is -0.128. The van der Waals surface area contributed by atoms with Crippen molar-refractivity contribution in [1.82, 2.24) is 5.32 Å². The van der Waals surface area contributed by atoms with Gasteiger partial charge in [0.25, 0.3) is 6.47 Å². The third kappa shape index (κ3) is 13.1. The SMILES string of the molecule is CC(C)(C)OC(=O)NCCOP(OCCCOC=O)OCc1ccccc1. The van der Waals surface area contributed by atoms with Gasteiger partial charge in [0.2, 0.25) is 0 Å². The largest absolute Gasteiger partial charge is 0.468 e. The minimum absolute atomic E-state index is 0.213. The van der Waals surface area contributed by atoms with Crippen LogP contribution in [0.1, 0.15) is 32.8 Å². The molecule has 0 aliphatic heterocycles. The Morgan fingerprint density at radius 1 is 1.07 bits per heavy atom. The van der Waals surface area contributed by atoms with Crippen LogP contribution in [0.3, 0.4) is 0 Å². The van der Waals surface area contributed by atoms with E-state index in [2.05, 4.69) is 10.1 Å². The summed E-state index contributed by atoms with van der Waals surface area (Å²) in [4.78, 5) is 21.7. The van der Waals surface area contributed by atoms with Gasteiger partial charge in [-0.3, -0.25) is 4.79 Å². The monoisotopic (exact) mass is 401 g/mol. The summed E-state index contributed by atoms with van der Waals surface area (Å²) in [6.45, 7) is 7.19. The fourth-order valence-corrected chi connectivity index (χ4v) is 2.73. The maximum Gasteiger partial charge on any atom is 0.407 e. The van der Waals surface area contributed by atoms with Gasteiger partial charge < -0.3 is 28.4 Å². The number of alkyl carbamates (subject to hydrolysis) is 1. The second-order valence-electron chi connectivity index (χ2n) is 6.40. The van der Waals surface area contributed by atoms with Crippen LogP contribution < -0.4 is 5.32 Å². The molecule has 152 valence electrons. The fourth-order valence-electron chi connectivity index (χ4n) is 1.73. The van der Waals surface area contributed by atoms with Crippen molar-refractivity contribution >= 4 is 21.2 Å². The number of hydrogen-bond acceptors (Lipinski definition) is 7. The first-order valence-corrected chi connectivity index (χ1v) is 9.75. The van der Waals surface area contributed by atoms with E-state index in [0.717, 1.165) is 5.56 Å². The molecule has 27 heavy (non-hydrogen) atoms. The van der Waals surface area contributed by atoms with E-state index >= 15 is 0 Å². The van der Waals surface area contributed by atoms with Crippen molar-refractivity contribution in [3.63, 3.8) is 0 Å².